The minimum absolute atomic E-state index is 0.0154. The van der Waals surface area contributed by atoms with Gasteiger partial charge in [0.05, 0.1) is 41.4 Å². The fraction of sp³-hybridized carbons (Fsp3) is 0.483. The molecule has 0 unspecified atom stereocenters. The van der Waals surface area contributed by atoms with Crippen LogP contribution in [0.5, 0.6) is 0 Å². The second-order valence-corrected chi connectivity index (χ2v) is 11.8. The van der Waals surface area contributed by atoms with Crippen molar-refractivity contribution in [1.82, 2.24) is 35.1 Å². The normalized spacial score (nSPS) is 18.0. The fourth-order valence-corrected chi connectivity index (χ4v) is 5.59. The van der Waals surface area contributed by atoms with Gasteiger partial charge >= 0.3 is 0 Å². The van der Waals surface area contributed by atoms with E-state index in [0.29, 0.717) is 36.6 Å². The zero-order valence-electron chi connectivity index (χ0n) is 24.9. The molecule has 236 valence electrons. The molecule has 0 aliphatic carbocycles. The lowest BCUT2D eigenvalue weighted by Gasteiger charge is -2.39. The summed E-state index contributed by atoms with van der Waals surface area (Å²) in [6.45, 7) is 10.3. The molecule has 2 aliphatic rings. The van der Waals surface area contributed by atoms with Crippen LogP contribution in [0.25, 0.3) is 5.69 Å². The molecule has 0 radical (unpaired) electrons. The first-order chi connectivity index (χ1) is 21.1. The topological polar surface area (TPSA) is 121 Å². The van der Waals surface area contributed by atoms with Crippen LogP contribution in [0, 0.1) is 12.7 Å². The van der Waals surface area contributed by atoms with Crippen molar-refractivity contribution in [3.63, 3.8) is 0 Å². The third kappa shape index (κ3) is 7.29. The van der Waals surface area contributed by atoms with Gasteiger partial charge in [-0.1, -0.05) is 28.4 Å². The first kappa shape index (κ1) is 32.0. The smallest absolute Gasteiger partial charge is 0.273 e. The Hall–Kier alpha value is -3.36. The van der Waals surface area contributed by atoms with Crippen LogP contribution in [0.4, 0.5) is 15.8 Å². The third-order valence-corrected chi connectivity index (χ3v) is 8.92. The molecule has 4 heterocycles. The molecule has 2 saturated heterocycles. The molecule has 2 aliphatic heterocycles. The molecule has 0 bridgehead atoms. The highest BCUT2D eigenvalue weighted by atomic mass is 35.5. The Morgan fingerprint density at radius 3 is 2.64 bits per heavy atom. The highest BCUT2D eigenvalue weighted by molar-refractivity contribution is 6.37. The maximum Gasteiger partial charge on any atom is 0.273 e. The van der Waals surface area contributed by atoms with E-state index in [-0.39, 0.29) is 33.2 Å². The number of aromatic nitrogens is 4. The molecule has 2 amide bonds. The molecule has 12 nitrogen and oxygen atoms in total. The van der Waals surface area contributed by atoms with Gasteiger partial charge in [-0.25, -0.2) is 14.1 Å². The van der Waals surface area contributed by atoms with Gasteiger partial charge in [-0.2, -0.15) is 0 Å². The average molecular weight is 649 g/mol. The zero-order chi connectivity index (χ0) is 31.4. The number of carbonyl (C=O) groups excluding carboxylic acids is 2. The summed E-state index contributed by atoms with van der Waals surface area (Å²) in [5.41, 5.74) is 1.52. The summed E-state index contributed by atoms with van der Waals surface area (Å²) < 4.78 is 22.3. The third-order valence-electron chi connectivity index (χ3n) is 8.05. The highest BCUT2D eigenvalue weighted by Crippen LogP contribution is 2.34. The van der Waals surface area contributed by atoms with Crippen molar-refractivity contribution >= 4 is 46.4 Å². The van der Waals surface area contributed by atoms with Gasteiger partial charge in [-0.15, -0.1) is 5.10 Å². The maximum absolute atomic E-state index is 15.7. The number of nitrogens with one attached hydrogen (secondary N) is 2. The van der Waals surface area contributed by atoms with Gasteiger partial charge in [0.2, 0.25) is 0 Å². The van der Waals surface area contributed by atoms with Crippen LogP contribution in [0.2, 0.25) is 10.2 Å². The minimum atomic E-state index is -0.589. The Balaban J connectivity index is 1.37. The SMILES string of the molecule is Cc1c(Cl)ncc(C(=O)Nc2cc(-n3cc(C(=O)NCCCN4CCOCC4)nn3)c(F)cc2N2CCN(C)[C@H](C)C2)c1Cl. The standard InChI is InChI=1S/C29H36Cl2FN9O3/c1-18-16-40(8-7-38(18)3)25-13-21(32)24(14-22(25)35-28(42)20-15-34-27(31)19(2)26(20)30)41-17-23(36-37-41)29(43)33-5-4-6-39-9-11-44-12-10-39/h13-15,17-18H,4-12,16H2,1-3H3,(H,33,43)(H,35,42)/t18-/m1/s1. The van der Waals surface area contributed by atoms with Crippen molar-refractivity contribution < 1.29 is 18.7 Å². The van der Waals surface area contributed by atoms with Gasteiger partial charge < -0.3 is 25.2 Å². The molecule has 1 atom stereocenters. The van der Waals surface area contributed by atoms with Crippen LogP contribution in [-0.2, 0) is 4.74 Å². The van der Waals surface area contributed by atoms with Crippen molar-refractivity contribution in [3.05, 3.63) is 57.3 Å². The molecule has 2 aromatic heterocycles. The lowest BCUT2D eigenvalue weighted by atomic mass is 10.1. The number of piperazine rings is 1. The summed E-state index contributed by atoms with van der Waals surface area (Å²) in [5.74, 6) is -1.52. The van der Waals surface area contributed by atoms with Gasteiger partial charge in [0.25, 0.3) is 11.8 Å². The van der Waals surface area contributed by atoms with Crippen LogP contribution >= 0.6 is 23.2 Å². The summed E-state index contributed by atoms with van der Waals surface area (Å²) in [5, 5.41) is 14.1. The largest absolute Gasteiger partial charge is 0.379 e. The number of morpholine rings is 1. The summed E-state index contributed by atoms with van der Waals surface area (Å²) >= 11 is 12.5. The molecule has 5 rings (SSSR count). The lowest BCUT2D eigenvalue weighted by molar-refractivity contribution is 0.0374. The quantitative estimate of drug-likeness (QED) is 0.266. The van der Waals surface area contributed by atoms with E-state index in [1.807, 2.05) is 11.9 Å². The Bertz CT molecular complexity index is 1520. The number of halogens is 3. The fourth-order valence-electron chi connectivity index (χ4n) is 5.18. The number of amides is 2. The number of hydrogen-bond acceptors (Lipinski definition) is 9. The second-order valence-electron chi connectivity index (χ2n) is 11.1. The minimum Gasteiger partial charge on any atom is -0.379 e. The molecule has 44 heavy (non-hydrogen) atoms. The van der Waals surface area contributed by atoms with Gasteiger partial charge in [0.1, 0.15) is 10.8 Å². The number of nitrogens with zero attached hydrogens (tertiary/aromatic N) is 7. The van der Waals surface area contributed by atoms with E-state index in [9.17, 15) is 9.59 Å². The molecule has 0 spiro atoms. The first-order valence-electron chi connectivity index (χ1n) is 14.5. The molecular formula is C29H36Cl2FN9O3. The first-order valence-corrected chi connectivity index (χ1v) is 15.3. The zero-order valence-corrected chi connectivity index (χ0v) is 26.5. The van der Waals surface area contributed by atoms with Gasteiger partial charge in [0.15, 0.2) is 11.5 Å². The number of benzene rings is 1. The van der Waals surface area contributed by atoms with Gasteiger partial charge in [-0.05, 0) is 39.9 Å². The molecule has 3 aromatic rings. The van der Waals surface area contributed by atoms with Crippen molar-refractivity contribution in [2.75, 3.05) is 76.3 Å². The van der Waals surface area contributed by atoms with Crippen molar-refractivity contribution in [2.24, 2.45) is 0 Å². The van der Waals surface area contributed by atoms with E-state index >= 15 is 4.39 Å². The predicted molar refractivity (Wildman–Crippen MR) is 167 cm³/mol. The number of hydrogen-bond donors (Lipinski definition) is 2. The van der Waals surface area contributed by atoms with Gasteiger partial charge in [-0.3, -0.25) is 14.5 Å². The Morgan fingerprint density at radius 2 is 1.89 bits per heavy atom. The number of ether oxygens (including phenoxy) is 1. The van der Waals surface area contributed by atoms with E-state index in [1.54, 1.807) is 6.92 Å². The van der Waals surface area contributed by atoms with Gasteiger partial charge in [0, 0.05) is 63.1 Å². The van der Waals surface area contributed by atoms with Crippen molar-refractivity contribution in [1.29, 1.82) is 0 Å². The monoisotopic (exact) mass is 647 g/mol. The molecule has 1 aromatic carbocycles. The molecule has 0 saturated carbocycles. The highest BCUT2D eigenvalue weighted by Gasteiger charge is 2.26. The van der Waals surface area contributed by atoms with E-state index in [0.717, 1.165) is 45.8 Å². The lowest BCUT2D eigenvalue weighted by Crippen LogP contribution is -2.50. The second kappa shape index (κ2) is 14.2. The van der Waals surface area contributed by atoms with Crippen LogP contribution in [0.3, 0.4) is 0 Å². The Kier molecular flexibility index (Phi) is 10.3. The number of likely N-dealkylation sites (N-methyl/N-ethyl adjacent to an activating group) is 1. The summed E-state index contributed by atoms with van der Waals surface area (Å²) in [6.07, 6.45) is 3.44. The van der Waals surface area contributed by atoms with Crippen molar-refractivity contribution in [2.45, 2.75) is 26.3 Å². The van der Waals surface area contributed by atoms with E-state index in [1.165, 1.54) is 29.2 Å². The predicted octanol–water partition coefficient (Wildman–Crippen LogP) is 3.26. The van der Waals surface area contributed by atoms with E-state index in [2.05, 4.69) is 42.7 Å². The Labute approximate surface area is 265 Å². The number of carbonyl (C=O) groups is 2. The summed E-state index contributed by atoms with van der Waals surface area (Å²) in [7, 11) is 2.04. The van der Waals surface area contributed by atoms with E-state index in [4.69, 9.17) is 27.9 Å². The van der Waals surface area contributed by atoms with Crippen LogP contribution in [-0.4, -0.2) is 114 Å². The summed E-state index contributed by atoms with van der Waals surface area (Å²) in [4.78, 5) is 36.7. The maximum atomic E-state index is 15.7. The Morgan fingerprint density at radius 1 is 1.11 bits per heavy atom. The number of anilines is 2. The van der Waals surface area contributed by atoms with Crippen LogP contribution < -0.4 is 15.5 Å². The van der Waals surface area contributed by atoms with Crippen molar-refractivity contribution in [3.8, 4) is 5.69 Å². The van der Waals surface area contributed by atoms with Crippen LogP contribution in [0.1, 0.15) is 39.8 Å². The summed E-state index contributed by atoms with van der Waals surface area (Å²) in [6, 6.07) is 3.05. The molecule has 2 N–H and O–H groups in total. The average Bonchev–Trinajstić information content (AvgIpc) is 3.51. The number of pyridine rings is 1. The molecule has 15 heteroatoms. The van der Waals surface area contributed by atoms with Crippen LogP contribution in [0.15, 0.2) is 24.5 Å². The molecular weight excluding hydrogens is 612 g/mol. The number of rotatable bonds is 9. The van der Waals surface area contributed by atoms with E-state index < -0.39 is 17.6 Å². The molecule has 2 fully saturated rings.